The fourth-order valence-electron chi connectivity index (χ4n) is 1.27. The molecule has 0 aliphatic rings. The molecule has 0 fully saturated rings. The van der Waals surface area contributed by atoms with Crippen molar-refractivity contribution < 1.29 is 8.42 Å². The molecule has 2 N–H and O–H groups in total. The van der Waals surface area contributed by atoms with Gasteiger partial charge in [-0.1, -0.05) is 37.0 Å². The molecule has 0 spiro atoms. The third-order valence-corrected chi connectivity index (χ3v) is 4.37. The van der Waals surface area contributed by atoms with Gasteiger partial charge in [-0.15, -0.1) is 0 Å². The van der Waals surface area contributed by atoms with E-state index >= 15 is 0 Å². The molecule has 0 radical (unpaired) electrons. The van der Waals surface area contributed by atoms with Crippen LogP contribution in [-0.4, -0.2) is 27.5 Å². The highest BCUT2D eigenvalue weighted by molar-refractivity contribution is 7.89. The van der Waals surface area contributed by atoms with Gasteiger partial charge in [0, 0.05) is 19.1 Å². The number of rotatable bonds is 6. The fraction of sp³-hybridized carbons (Fsp3) is 0.455. The normalized spacial score (nSPS) is 12.1. The molecule has 0 unspecified atom stereocenters. The first-order valence-corrected chi connectivity index (χ1v) is 7.75. The van der Waals surface area contributed by atoms with Gasteiger partial charge < -0.3 is 5.32 Å². The molecule has 1 rings (SSSR count). The lowest BCUT2D eigenvalue weighted by Gasteiger charge is -2.10. The smallest absolute Gasteiger partial charge is 0.240 e. The molecule has 0 saturated heterocycles. The Bertz CT molecular complexity index is 504. The van der Waals surface area contributed by atoms with Gasteiger partial charge in [0.1, 0.15) is 0 Å². The minimum Gasteiger partial charge on any atom is -0.313 e. The maximum atomic E-state index is 11.9. The molecule has 0 saturated carbocycles. The van der Waals surface area contributed by atoms with E-state index < -0.39 is 10.0 Å². The quantitative estimate of drug-likeness (QED) is 0.792. The van der Waals surface area contributed by atoms with Gasteiger partial charge in [0.15, 0.2) is 0 Å². The highest BCUT2D eigenvalue weighted by Gasteiger charge is 2.14. The highest BCUT2D eigenvalue weighted by atomic mass is 35.5. The first-order chi connectivity index (χ1) is 8.33. The molecule has 0 aromatic heterocycles. The van der Waals surface area contributed by atoms with Crippen molar-refractivity contribution in [1.82, 2.24) is 10.0 Å². The Kier molecular flexibility index (Phi) is 5.88. The van der Waals surface area contributed by atoms with Crippen LogP contribution in [0.3, 0.4) is 0 Å². The summed E-state index contributed by atoms with van der Waals surface area (Å²) in [4.78, 5) is 0.112. The van der Waals surface area contributed by atoms with Gasteiger partial charge in [0.25, 0.3) is 0 Å². The van der Waals surface area contributed by atoms with Crippen LogP contribution in [0.4, 0.5) is 0 Å². The first kappa shape index (κ1) is 15.7. The van der Waals surface area contributed by atoms with E-state index in [1.165, 1.54) is 18.2 Å². The number of hydrogen-bond donors (Lipinski definition) is 2. The first-order valence-electron chi connectivity index (χ1n) is 5.51. The average molecular weight is 311 g/mol. The number of benzene rings is 1. The molecule has 0 atom stereocenters. The van der Waals surface area contributed by atoms with E-state index in [-0.39, 0.29) is 9.92 Å². The van der Waals surface area contributed by atoms with Crippen LogP contribution in [0.1, 0.15) is 13.8 Å². The van der Waals surface area contributed by atoms with Crippen molar-refractivity contribution in [2.45, 2.75) is 24.8 Å². The summed E-state index contributed by atoms with van der Waals surface area (Å²) in [5.41, 5.74) is 0. The predicted octanol–water partition coefficient (Wildman–Crippen LogP) is 2.27. The summed E-state index contributed by atoms with van der Waals surface area (Å²) in [7, 11) is -3.53. The van der Waals surface area contributed by atoms with Gasteiger partial charge in [0.2, 0.25) is 10.0 Å². The lowest BCUT2D eigenvalue weighted by atomic mass is 10.4. The van der Waals surface area contributed by atoms with Crippen molar-refractivity contribution in [3.63, 3.8) is 0 Å². The summed E-state index contributed by atoms with van der Waals surface area (Å²) in [6.07, 6.45) is 0. The maximum Gasteiger partial charge on any atom is 0.240 e. The van der Waals surface area contributed by atoms with Gasteiger partial charge in [-0.3, -0.25) is 0 Å². The zero-order valence-electron chi connectivity index (χ0n) is 10.2. The zero-order valence-corrected chi connectivity index (χ0v) is 12.5. The Morgan fingerprint density at radius 1 is 1.17 bits per heavy atom. The third-order valence-electron chi connectivity index (χ3n) is 2.17. The van der Waals surface area contributed by atoms with E-state index in [0.29, 0.717) is 24.2 Å². The van der Waals surface area contributed by atoms with Crippen molar-refractivity contribution in [1.29, 1.82) is 0 Å². The zero-order chi connectivity index (χ0) is 13.8. The fourth-order valence-corrected chi connectivity index (χ4v) is 2.69. The summed E-state index contributed by atoms with van der Waals surface area (Å²) >= 11 is 11.5. The minimum atomic E-state index is -3.53. The van der Waals surface area contributed by atoms with Crippen molar-refractivity contribution in [2.75, 3.05) is 13.1 Å². The molecule has 0 bridgehead atoms. The molecule has 102 valence electrons. The van der Waals surface area contributed by atoms with Gasteiger partial charge in [0.05, 0.1) is 14.9 Å². The van der Waals surface area contributed by atoms with Gasteiger partial charge in [-0.2, -0.15) is 0 Å². The third kappa shape index (κ3) is 4.74. The molecule has 7 heteroatoms. The van der Waals surface area contributed by atoms with Gasteiger partial charge >= 0.3 is 0 Å². The monoisotopic (exact) mass is 310 g/mol. The molecule has 0 aliphatic carbocycles. The number of hydrogen-bond acceptors (Lipinski definition) is 3. The second-order valence-electron chi connectivity index (χ2n) is 4.08. The standard InChI is InChI=1S/C11H16Cl2N2O2S/c1-8(2)14-5-6-15-18(16,17)9-3-4-10(12)11(13)7-9/h3-4,7-8,14-15H,5-6H2,1-2H3. The minimum absolute atomic E-state index is 0.112. The Balaban J connectivity index is 2.66. The predicted molar refractivity (Wildman–Crippen MR) is 74.8 cm³/mol. The molecule has 1 aromatic carbocycles. The van der Waals surface area contributed by atoms with Gasteiger partial charge in [-0.05, 0) is 18.2 Å². The Hall–Kier alpha value is -0.330. The van der Waals surface area contributed by atoms with Crippen molar-refractivity contribution >= 4 is 33.2 Å². The second-order valence-corrected chi connectivity index (χ2v) is 6.66. The molecule has 1 aromatic rings. The topological polar surface area (TPSA) is 58.2 Å². The summed E-state index contributed by atoms with van der Waals surface area (Å²) < 4.78 is 26.3. The van der Waals surface area contributed by atoms with Crippen LogP contribution >= 0.6 is 23.2 Å². The van der Waals surface area contributed by atoms with Crippen LogP contribution in [0.25, 0.3) is 0 Å². The summed E-state index contributed by atoms with van der Waals surface area (Å²) in [5, 5.41) is 3.67. The summed E-state index contributed by atoms with van der Waals surface area (Å²) in [6, 6.07) is 4.54. The summed E-state index contributed by atoms with van der Waals surface area (Å²) in [5.74, 6) is 0. The largest absolute Gasteiger partial charge is 0.313 e. The number of sulfonamides is 1. The van der Waals surface area contributed by atoms with Gasteiger partial charge in [-0.25, -0.2) is 13.1 Å². The average Bonchev–Trinajstić information content (AvgIpc) is 2.28. The van der Waals surface area contributed by atoms with Crippen LogP contribution in [0.2, 0.25) is 10.0 Å². The second kappa shape index (κ2) is 6.73. The van der Waals surface area contributed by atoms with Crippen LogP contribution in [0.15, 0.2) is 23.1 Å². The highest BCUT2D eigenvalue weighted by Crippen LogP contribution is 2.24. The molecular formula is C11H16Cl2N2O2S. The SMILES string of the molecule is CC(C)NCCNS(=O)(=O)c1ccc(Cl)c(Cl)c1. The van der Waals surface area contributed by atoms with E-state index in [2.05, 4.69) is 10.0 Å². The Morgan fingerprint density at radius 3 is 2.39 bits per heavy atom. The molecule has 0 aliphatic heterocycles. The lowest BCUT2D eigenvalue weighted by molar-refractivity contribution is 0.559. The molecular weight excluding hydrogens is 295 g/mol. The van der Waals surface area contributed by atoms with Crippen molar-refractivity contribution in [2.24, 2.45) is 0 Å². The van der Waals surface area contributed by atoms with E-state index in [4.69, 9.17) is 23.2 Å². The Labute approximate surface area is 118 Å². The van der Waals surface area contributed by atoms with Crippen LogP contribution < -0.4 is 10.0 Å². The van der Waals surface area contributed by atoms with Crippen LogP contribution in [0, 0.1) is 0 Å². The van der Waals surface area contributed by atoms with Crippen molar-refractivity contribution in [3.8, 4) is 0 Å². The molecule has 0 amide bonds. The van der Waals surface area contributed by atoms with Crippen molar-refractivity contribution in [3.05, 3.63) is 28.2 Å². The number of nitrogens with one attached hydrogen (secondary N) is 2. The van der Waals surface area contributed by atoms with E-state index in [0.717, 1.165) is 0 Å². The molecule has 18 heavy (non-hydrogen) atoms. The lowest BCUT2D eigenvalue weighted by Crippen LogP contribution is -2.34. The van der Waals surface area contributed by atoms with Crippen LogP contribution in [-0.2, 0) is 10.0 Å². The van der Waals surface area contributed by atoms with Crippen LogP contribution in [0.5, 0.6) is 0 Å². The molecule has 0 heterocycles. The number of halogens is 2. The van der Waals surface area contributed by atoms with E-state index in [1.54, 1.807) is 0 Å². The van der Waals surface area contributed by atoms with E-state index in [9.17, 15) is 8.42 Å². The molecule has 4 nitrogen and oxygen atoms in total. The summed E-state index contributed by atoms with van der Waals surface area (Å²) in [6.45, 7) is 4.87. The Morgan fingerprint density at radius 2 is 1.83 bits per heavy atom. The van der Waals surface area contributed by atoms with E-state index in [1.807, 2.05) is 13.8 Å². The maximum absolute atomic E-state index is 11.9.